The molecule has 31 heavy (non-hydrogen) atoms. The lowest BCUT2D eigenvalue weighted by atomic mass is 10.1. The molecule has 0 amide bonds. The summed E-state index contributed by atoms with van der Waals surface area (Å²) in [5.41, 5.74) is -0.373. The highest BCUT2D eigenvalue weighted by Crippen LogP contribution is 2.45. The van der Waals surface area contributed by atoms with E-state index < -0.39 is 23.5 Å². The van der Waals surface area contributed by atoms with Crippen LogP contribution in [-0.2, 0) is 18.8 Å². The van der Waals surface area contributed by atoms with Crippen molar-refractivity contribution < 1.29 is 35.8 Å². The van der Waals surface area contributed by atoms with Crippen LogP contribution < -0.4 is 14.8 Å². The molecule has 0 aliphatic heterocycles. The minimum atomic E-state index is -4.94. The van der Waals surface area contributed by atoms with Gasteiger partial charge in [0.25, 0.3) is 0 Å². The lowest BCUT2D eigenvalue weighted by molar-refractivity contribution is -0.143. The first kappa shape index (κ1) is 20.9. The number of aromatic amines is 1. The molecule has 2 N–H and O–H groups in total. The molecule has 2 aromatic carbocycles. The average molecular weight is 443 g/mol. The number of H-pyrrole nitrogens is 1. The zero-order chi connectivity index (χ0) is 22.6. The van der Waals surface area contributed by atoms with Crippen molar-refractivity contribution in [2.45, 2.75) is 18.8 Å². The maximum absolute atomic E-state index is 13.1. The summed E-state index contributed by atoms with van der Waals surface area (Å²) >= 11 is 0. The van der Waals surface area contributed by atoms with E-state index in [0.29, 0.717) is 41.3 Å². The van der Waals surface area contributed by atoms with Gasteiger partial charge >= 0.3 is 12.4 Å². The zero-order valence-corrected chi connectivity index (χ0v) is 16.1. The van der Waals surface area contributed by atoms with Gasteiger partial charge in [0.2, 0.25) is 0 Å². The molecule has 3 aromatic rings. The van der Waals surface area contributed by atoms with Crippen molar-refractivity contribution in [3.63, 3.8) is 0 Å². The van der Waals surface area contributed by atoms with Crippen molar-refractivity contribution in [2.24, 2.45) is 0 Å². The van der Waals surface area contributed by atoms with Crippen LogP contribution in [0.4, 0.5) is 37.8 Å². The van der Waals surface area contributed by atoms with E-state index >= 15 is 0 Å². The highest BCUT2D eigenvalue weighted by molar-refractivity contribution is 5.81. The van der Waals surface area contributed by atoms with E-state index in [1.807, 2.05) is 0 Å². The lowest BCUT2D eigenvalue weighted by Gasteiger charge is -2.15. The summed E-state index contributed by atoms with van der Waals surface area (Å²) in [6, 6.07) is 4.80. The number of alkyl halides is 6. The number of ether oxygens (including phenoxy) is 2. The molecule has 0 atom stereocenters. The minimum absolute atomic E-state index is 0.0779. The number of methoxy groups -OCH3 is 2. The molecule has 1 aliphatic rings. The van der Waals surface area contributed by atoms with Gasteiger partial charge < -0.3 is 14.8 Å². The van der Waals surface area contributed by atoms with E-state index in [0.717, 1.165) is 11.1 Å². The van der Waals surface area contributed by atoms with Gasteiger partial charge in [-0.15, -0.1) is 0 Å². The molecule has 0 unspecified atom stereocenters. The van der Waals surface area contributed by atoms with Crippen molar-refractivity contribution in [1.82, 2.24) is 10.2 Å². The van der Waals surface area contributed by atoms with Crippen molar-refractivity contribution in [3.05, 3.63) is 52.6 Å². The monoisotopic (exact) mass is 443 g/mol. The van der Waals surface area contributed by atoms with Crippen LogP contribution in [0.3, 0.4) is 0 Å². The second-order valence-corrected chi connectivity index (χ2v) is 6.89. The number of fused-ring (bicyclic) bond motifs is 3. The van der Waals surface area contributed by atoms with Gasteiger partial charge in [0.15, 0.2) is 17.3 Å². The first-order valence-electron chi connectivity index (χ1n) is 8.90. The van der Waals surface area contributed by atoms with Gasteiger partial charge in [0.1, 0.15) is 0 Å². The Labute approximate surface area is 172 Å². The van der Waals surface area contributed by atoms with Gasteiger partial charge in [-0.1, -0.05) is 0 Å². The predicted molar refractivity (Wildman–Crippen MR) is 99.7 cm³/mol. The van der Waals surface area contributed by atoms with E-state index in [4.69, 9.17) is 9.47 Å². The van der Waals surface area contributed by atoms with Gasteiger partial charge in [-0.2, -0.15) is 31.4 Å². The summed E-state index contributed by atoms with van der Waals surface area (Å²) < 4.78 is 89.2. The maximum Gasteiger partial charge on any atom is 0.416 e. The Morgan fingerprint density at radius 3 is 2.00 bits per heavy atom. The molecule has 0 radical (unpaired) electrons. The van der Waals surface area contributed by atoms with Crippen LogP contribution in [0.2, 0.25) is 0 Å². The predicted octanol–water partition coefficient (Wildman–Crippen LogP) is 5.78. The van der Waals surface area contributed by atoms with E-state index in [-0.39, 0.29) is 17.6 Å². The normalized spacial score (nSPS) is 13.0. The van der Waals surface area contributed by atoms with E-state index in [9.17, 15) is 26.3 Å². The van der Waals surface area contributed by atoms with Crippen LogP contribution in [0.5, 0.6) is 11.5 Å². The molecule has 11 heteroatoms. The smallest absolute Gasteiger partial charge is 0.416 e. The second-order valence-electron chi connectivity index (χ2n) is 6.89. The fourth-order valence-corrected chi connectivity index (χ4v) is 3.52. The molecule has 0 bridgehead atoms. The van der Waals surface area contributed by atoms with E-state index in [2.05, 4.69) is 15.5 Å². The molecule has 0 saturated heterocycles. The number of anilines is 2. The number of hydrogen-bond acceptors (Lipinski definition) is 4. The van der Waals surface area contributed by atoms with Crippen LogP contribution in [0.25, 0.3) is 11.3 Å². The van der Waals surface area contributed by atoms with Crippen LogP contribution >= 0.6 is 0 Å². The van der Waals surface area contributed by atoms with Gasteiger partial charge in [0, 0.05) is 23.2 Å². The largest absolute Gasteiger partial charge is 0.493 e. The summed E-state index contributed by atoms with van der Waals surface area (Å²) in [5.74, 6) is 1.11. The van der Waals surface area contributed by atoms with E-state index in [1.54, 1.807) is 12.1 Å². The van der Waals surface area contributed by atoms with Crippen molar-refractivity contribution >= 4 is 11.5 Å². The fraction of sp³-hybridized carbons (Fsp3) is 0.250. The Balaban J connectivity index is 1.72. The van der Waals surface area contributed by atoms with E-state index in [1.165, 1.54) is 14.2 Å². The average Bonchev–Trinajstić information content (AvgIpc) is 3.24. The van der Waals surface area contributed by atoms with Crippen molar-refractivity contribution in [1.29, 1.82) is 0 Å². The molecule has 1 aromatic heterocycles. The highest BCUT2D eigenvalue weighted by atomic mass is 19.4. The van der Waals surface area contributed by atoms with Gasteiger partial charge in [-0.3, -0.25) is 5.10 Å². The summed E-state index contributed by atoms with van der Waals surface area (Å²) in [4.78, 5) is 0. The Kier molecular flexibility index (Phi) is 4.78. The summed E-state index contributed by atoms with van der Waals surface area (Å²) in [7, 11) is 2.96. The second kappa shape index (κ2) is 7.10. The first-order chi connectivity index (χ1) is 14.5. The molecule has 0 saturated carbocycles. The quantitative estimate of drug-likeness (QED) is 0.393. The number of nitrogens with one attached hydrogen (secondary N) is 2. The number of aromatic nitrogens is 2. The van der Waals surface area contributed by atoms with Gasteiger partial charge in [-0.05, 0) is 35.9 Å². The molecule has 164 valence electrons. The Hall–Kier alpha value is -3.37. The lowest BCUT2D eigenvalue weighted by Crippen LogP contribution is -2.11. The molecule has 0 spiro atoms. The Bertz CT molecular complexity index is 1120. The molecular weight excluding hydrogens is 428 g/mol. The summed E-state index contributed by atoms with van der Waals surface area (Å²) in [6.45, 7) is 0. The fourth-order valence-electron chi connectivity index (χ4n) is 3.52. The zero-order valence-electron chi connectivity index (χ0n) is 16.1. The molecule has 4 rings (SSSR count). The summed E-state index contributed by atoms with van der Waals surface area (Å²) in [5, 5.41) is 9.43. The molecule has 1 aliphatic carbocycles. The topological polar surface area (TPSA) is 59.2 Å². The summed E-state index contributed by atoms with van der Waals surface area (Å²) in [6.07, 6.45) is -9.52. The number of halogens is 6. The maximum atomic E-state index is 13.1. The molecule has 5 nitrogen and oxygen atoms in total. The van der Waals surface area contributed by atoms with Gasteiger partial charge in [0.05, 0.1) is 31.0 Å². The van der Waals surface area contributed by atoms with Crippen LogP contribution in [0.15, 0.2) is 30.3 Å². The molecule has 1 heterocycles. The minimum Gasteiger partial charge on any atom is -0.493 e. The SMILES string of the molecule is COc1cc2c(cc1OC)-c1[nH]nc(Nc3cc(C(F)(F)F)cc(C(F)(F)F)c3)c1C2. The Morgan fingerprint density at radius 1 is 0.871 bits per heavy atom. The number of benzene rings is 2. The molecule has 0 fully saturated rings. The number of nitrogens with zero attached hydrogens (tertiary/aromatic N) is 1. The number of hydrogen-bond donors (Lipinski definition) is 2. The first-order valence-corrected chi connectivity index (χ1v) is 8.90. The third-order valence-electron chi connectivity index (χ3n) is 4.96. The van der Waals surface area contributed by atoms with Gasteiger partial charge in [-0.25, -0.2) is 0 Å². The molecular formula is C20H15F6N3O2. The third-order valence-corrected chi connectivity index (χ3v) is 4.96. The highest BCUT2D eigenvalue weighted by Gasteiger charge is 2.37. The van der Waals surface area contributed by atoms with Crippen molar-refractivity contribution in [2.75, 3.05) is 19.5 Å². The van der Waals surface area contributed by atoms with Crippen LogP contribution in [0, 0.1) is 0 Å². The third kappa shape index (κ3) is 3.75. The Morgan fingerprint density at radius 2 is 1.45 bits per heavy atom. The standard InChI is InChI=1S/C20H15F6N3O2/c1-30-15-4-9-3-14-17(13(9)8-16(15)31-2)28-29-18(14)27-12-6-10(19(21,22)23)5-11(7-12)20(24,25)26/h4-8H,3H2,1-2H3,(H2,27,28,29). The van der Waals surface area contributed by atoms with Crippen LogP contribution in [0.1, 0.15) is 22.3 Å². The van der Waals surface area contributed by atoms with Crippen LogP contribution in [-0.4, -0.2) is 24.4 Å². The van der Waals surface area contributed by atoms with Crippen molar-refractivity contribution in [3.8, 4) is 22.8 Å². The number of rotatable bonds is 4.